The SMILES string of the molecule is CC.CC(=O)C(Cc1ccc(O)cc1)NC(C)C. The molecule has 0 aliphatic heterocycles. The lowest BCUT2D eigenvalue weighted by Gasteiger charge is -2.18. The molecule has 1 rings (SSSR count). The molecule has 18 heavy (non-hydrogen) atoms. The smallest absolute Gasteiger partial charge is 0.147 e. The van der Waals surface area contributed by atoms with Crippen LogP contribution in [0.5, 0.6) is 5.75 Å². The van der Waals surface area contributed by atoms with Crippen LogP contribution in [-0.2, 0) is 11.2 Å². The molecule has 1 unspecified atom stereocenters. The number of benzene rings is 1. The lowest BCUT2D eigenvalue weighted by atomic mass is 10.0. The number of ketones is 1. The minimum Gasteiger partial charge on any atom is -0.508 e. The quantitative estimate of drug-likeness (QED) is 0.846. The normalized spacial score (nSPS) is 11.7. The van der Waals surface area contributed by atoms with Crippen LogP contribution in [0, 0.1) is 0 Å². The third-order valence-electron chi connectivity index (χ3n) is 2.40. The number of aromatic hydroxyl groups is 1. The number of carbonyl (C=O) groups excluding carboxylic acids is 1. The highest BCUT2D eigenvalue weighted by molar-refractivity contribution is 5.81. The van der Waals surface area contributed by atoms with Gasteiger partial charge >= 0.3 is 0 Å². The maximum atomic E-state index is 11.4. The van der Waals surface area contributed by atoms with Crippen LogP contribution < -0.4 is 5.32 Å². The summed E-state index contributed by atoms with van der Waals surface area (Å²) >= 11 is 0. The molecule has 0 saturated heterocycles. The molecule has 2 N–H and O–H groups in total. The van der Waals surface area contributed by atoms with E-state index < -0.39 is 0 Å². The molecule has 0 radical (unpaired) electrons. The first-order valence-corrected chi connectivity index (χ1v) is 6.53. The number of carbonyl (C=O) groups is 1. The van der Waals surface area contributed by atoms with Gasteiger partial charge < -0.3 is 10.4 Å². The van der Waals surface area contributed by atoms with Gasteiger partial charge in [-0.2, -0.15) is 0 Å². The maximum Gasteiger partial charge on any atom is 0.147 e. The summed E-state index contributed by atoms with van der Waals surface area (Å²) in [7, 11) is 0. The first-order chi connectivity index (χ1) is 8.49. The highest BCUT2D eigenvalue weighted by atomic mass is 16.3. The van der Waals surface area contributed by atoms with Gasteiger partial charge in [0.05, 0.1) is 6.04 Å². The van der Waals surface area contributed by atoms with Crippen LogP contribution in [0.15, 0.2) is 24.3 Å². The molecule has 0 aromatic heterocycles. The Bertz CT molecular complexity index is 344. The summed E-state index contributed by atoms with van der Waals surface area (Å²) in [5.74, 6) is 0.390. The summed E-state index contributed by atoms with van der Waals surface area (Å²) in [6.45, 7) is 9.64. The number of Topliss-reactive ketones (excluding diaryl/α,β-unsaturated/α-hetero) is 1. The second-order valence-corrected chi connectivity index (χ2v) is 4.36. The summed E-state index contributed by atoms with van der Waals surface area (Å²) in [5, 5.41) is 12.4. The number of hydrogen-bond acceptors (Lipinski definition) is 3. The van der Waals surface area contributed by atoms with E-state index in [9.17, 15) is 4.79 Å². The molecule has 1 aromatic rings. The monoisotopic (exact) mass is 251 g/mol. The topological polar surface area (TPSA) is 49.3 Å². The summed E-state index contributed by atoms with van der Waals surface area (Å²) < 4.78 is 0. The summed E-state index contributed by atoms with van der Waals surface area (Å²) in [4.78, 5) is 11.4. The maximum absolute atomic E-state index is 11.4. The van der Waals surface area contributed by atoms with Gasteiger partial charge in [-0.3, -0.25) is 4.79 Å². The molecule has 0 fully saturated rings. The molecule has 0 aliphatic carbocycles. The van der Waals surface area contributed by atoms with Crippen LogP contribution in [0.4, 0.5) is 0 Å². The number of phenols is 1. The van der Waals surface area contributed by atoms with Gasteiger partial charge in [0.15, 0.2) is 0 Å². The fourth-order valence-electron chi connectivity index (χ4n) is 1.59. The third kappa shape index (κ3) is 6.40. The van der Waals surface area contributed by atoms with Crippen LogP contribution >= 0.6 is 0 Å². The summed E-state index contributed by atoms with van der Waals surface area (Å²) in [5.41, 5.74) is 1.05. The van der Waals surface area contributed by atoms with Crippen molar-refractivity contribution in [2.24, 2.45) is 0 Å². The van der Waals surface area contributed by atoms with E-state index in [1.165, 1.54) is 0 Å². The molecule has 0 saturated carbocycles. The van der Waals surface area contributed by atoms with E-state index in [1.807, 2.05) is 39.8 Å². The van der Waals surface area contributed by atoms with Crippen LogP contribution in [-0.4, -0.2) is 23.0 Å². The largest absolute Gasteiger partial charge is 0.508 e. The Morgan fingerprint density at radius 1 is 1.22 bits per heavy atom. The van der Waals surface area contributed by atoms with E-state index in [-0.39, 0.29) is 23.6 Å². The number of nitrogens with one attached hydrogen (secondary N) is 1. The molecule has 1 aromatic carbocycles. The fraction of sp³-hybridized carbons (Fsp3) is 0.533. The molecule has 0 heterocycles. The van der Waals surface area contributed by atoms with E-state index in [4.69, 9.17) is 5.11 Å². The van der Waals surface area contributed by atoms with Gasteiger partial charge in [0.1, 0.15) is 11.5 Å². The molecule has 0 spiro atoms. The minimum atomic E-state index is -0.149. The van der Waals surface area contributed by atoms with Crippen molar-refractivity contribution in [3.8, 4) is 5.75 Å². The van der Waals surface area contributed by atoms with Gasteiger partial charge in [0.25, 0.3) is 0 Å². The Kier molecular flexibility index (Phi) is 8.05. The average molecular weight is 251 g/mol. The third-order valence-corrected chi connectivity index (χ3v) is 2.40. The lowest BCUT2D eigenvalue weighted by molar-refractivity contribution is -0.119. The van der Waals surface area contributed by atoms with Crippen molar-refractivity contribution in [3.63, 3.8) is 0 Å². The highest BCUT2D eigenvalue weighted by Gasteiger charge is 2.15. The first-order valence-electron chi connectivity index (χ1n) is 6.53. The van der Waals surface area contributed by atoms with Crippen molar-refractivity contribution in [2.75, 3.05) is 0 Å². The van der Waals surface area contributed by atoms with E-state index >= 15 is 0 Å². The van der Waals surface area contributed by atoms with Crippen LogP contribution in [0.1, 0.15) is 40.2 Å². The van der Waals surface area contributed by atoms with Gasteiger partial charge in [-0.15, -0.1) is 0 Å². The lowest BCUT2D eigenvalue weighted by Crippen LogP contribution is -2.41. The molecule has 0 bridgehead atoms. The Morgan fingerprint density at radius 3 is 2.11 bits per heavy atom. The van der Waals surface area contributed by atoms with Crippen molar-refractivity contribution >= 4 is 5.78 Å². The van der Waals surface area contributed by atoms with Gasteiger partial charge in [-0.05, 0) is 31.0 Å². The average Bonchev–Trinajstić information content (AvgIpc) is 2.33. The molecule has 3 heteroatoms. The number of hydrogen-bond donors (Lipinski definition) is 2. The molecule has 1 atom stereocenters. The Hall–Kier alpha value is -1.35. The number of phenolic OH excluding ortho intramolecular Hbond substituents is 1. The second kappa shape index (κ2) is 8.70. The molecular weight excluding hydrogens is 226 g/mol. The zero-order valence-corrected chi connectivity index (χ0v) is 12.0. The zero-order chi connectivity index (χ0) is 14.1. The Morgan fingerprint density at radius 2 is 1.72 bits per heavy atom. The summed E-state index contributed by atoms with van der Waals surface area (Å²) in [6, 6.07) is 7.10. The Labute approximate surface area is 110 Å². The van der Waals surface area contributed by atoms with Crippen molar-refractivity contribution < 1.29 is 9.90 Å². The molecule has 0 amide bonds. The van der Waals surface area contributed by atoms with E-state index in [1.54, 1.807) is 19.1 Å². The van der Waals surface area contributed by atoms with Crippen LogP contribution in [0.2, 0.25) is 0 Å². The van der Waals surface area contributed by atoms with Crippen LogP contribution in [0.3, 0.4) is 0 Å². The van der Waals surface area contributed by atoms with Crippen molar-refractivity contribution in [1.82, 2.24) is 5.32 Å². The van der Waals surface area contributed by atoms with Crippen molar-refractivity contribution in [2.45, 2.75) is 53.1 Å². The standard InChI is InChI=1S/C13H19NO2.C2H6/c1-9(2)14-13(10(3)15)8-11-4-6-12(16)7-5-11;1-2/h4-7,9,13-14,16H,8H2,1-3H3;1-2H3. The predicted molar refractivity (Wildman–Crippen MR) is 75.9 cm³/mol. The molecular formula is C15H25NO2. The van der Waals surface area contributed by atoms with Gasteiger partial charge in [0.2, 0.25) is 0 Å². The number of rotatable bonds is 5. The first kappa shape index (κ1) is 16.6. The minimum absolute atomic E-state index is 0.141. The van der Waals surface area contributed by atoms with Gasteiger partial charge in [0, 0.05) is 6.04 Å². The van der Waals surface area contributed by atoms with E-state index in [0.717, 1.165) is 5.56 Å². The highest BCUT2D eigenvalue weighted by Crippen LogP contribution is 2.11. The van der Waals surface area contributed by atoms with Crippen LogP contribution in [0.25, 0.3) is 0 Å². The summed E-state index contributed by atoms with van der Waals surface area (Å²) in [6.07, 6.45) is 0.661. The molecule has 102 valence electrons. The van der Waals surface area contributed by atoms with Gasteiger partial charge in [-0.25, -0.2) is 0 Å². The Balaban J connectivity index is 0.00000137. The van der Waals surface area contributed by atoms with Crippen molar-refractivity contribution in [3.05, 3.63) is 29.8 Å². The van der Waals surface area contributed by atoms with Gasteiger partial charge in [-0.1, -0.05) is 39.8 Å². The fourth-order valence-corrected chi connectivity index (χ4v) is 1.59. The van der Waals surface area contributed by atoms with E-state index in [2.05, 4.69) is 5.32 Å². The van der Waals surface area contributed by atoms with Crippen molar-refractivity contribution in [1.29, 1.82) is 0 Å². The second-order valence-electron chi connectivity index (χ2n) is 4.36. The van der Waals surface area contributed by atoms with E-state index in [0.29, 0.717) is 6.42 Å². The molecule has 0 aliphatic rings. The zero-order valence-electron chi connectivity index (χ0n) is 12.0. The molecule has 3 nitrogen and oxygen atoms in total. The predicted octanol–water partition coefficient (Wildman–Crippen LogP) is 2.92.